The first-order valence-electron chi connectivity index (χ1n) is 3.78. The van der Waals surface area contributed by atoms with Gasteiger partial charge in [0.05, 0.1) is 6.61 Å². The average molecular weight is 156 g/mol. The maximum Gasteiger partial charge on any atom is 0.330 e. The highest BCUT2D eigenvalue weighted by Gasteiger charge is 2.19. The molecule has 0 aliphatic carbocycles. The average Bonchev–Trinajstić information content (AvgIpc) is 2.07. The summed E-state index contributed by atoms with van der Waals surface area (Å²) in [5, 5.41) is 3.79. The Morgan fingerprint density at radius 1 is 1.91 bits per heavy atom. The van der Waals surface area contributed by atoms with Crippen molar-refractivity contribution in [3.63, 3.8) is 0 Å². The third-order valence-corrected chi connectivity index (χ3v) is 1.48. The lowest BCUT2D eigenvalue weighted by molar-refractivity contribution is -0.145. The van der Waals surface area contributed by atoms with Crippen LogP contribution in [0.2, 0.25) is 0 Å². The Labute approximate surface area is 65.6 Å². The van der Waals surface area contributed by atoms with E-state index in [4.69, 9.17) is 4.74 Å². The van der Waals surface area contributed by atoms with Crippen LogP contribution in [-0.4, -0.2) is 24.8 Å². The molecule has 0 aromatic rings. The number of ether oxygens (including phenoxy) is 1. The molecule has 1 aliphatic heterocycles. The van der Waals surface area contributed by atoms with Gasteiger partial charge in [-0.2, -0.15) is 5.10 Å². The highest BCUT2D eigenvalue weighted by molar-refractivity contribution is 5.77. The zero-order valence-electron chi connectivity index (χ0n) is 6.54. The lowest BCUT2D eigenvalue weighted by atomic mass is 10.1. The molecule has 1 atom stereocenters. The topological polar surface area (TPSA) is 50.7 Å². The van der Waals surface area contributed by atoms with E-state index in [1.807, 2.05) is 0 Å². The van der Waals surface area contributed by atoms with Crippen LogP contribution < -0.4 is 5.43 Å². The van der Waals surface area contributed by atoms with Crippen molar-refractivity contribution in [3.05, 3.63) is 0 Å². The number of hydrogen-bond donors (Lipinski definition) is 1. The van der Waals surface area contributed by atoms with Crippen molar-refractivity contribution in [2.24, 2.45) is 5.10 Å². The molecule has 1 N–H and O–H groups in total. The Morgan fingerprint density at radius 3 is 3.27 bits per heavy atom. The minimum Gasteiger partial charge on any atom is -0.464 e. The van der Waals surface area contributed by atoms with Crippen LogP contribution in [0.15, 0.2) is 5.10 Å². The smallest absolute Gasteiger partial charge is 0.330 e. The summed E-state index contributed by atoms with van der Waals surface area (Å²) >= 11 is 0. The molecule has 0 amide bonds. The summed E-state index contributed by atoms with van der Waals surface area (Å²) in [6.07, 6.45) is 3.38. The van der Waals surface area contributed by atoms with Crippen molar-refractivity contribution in [2.75, 3.05) is 6.61 Å². The highest BCUT2D eigenvalue weighted by atomic mass is 16.5. The monoisotopic (exact) mass is 156 g/mol. The molecule has 4 heteroatoms. The van der Waals surface area contributed by atoms with E-state index in [2.05, 4.69) is 10.5 Å². The number of nitrogens with zero attached hydrogens (tertiary/aromatic N) is 1. The van der Waals surface area contributed by atoms with Gasteiger partial charge in [-0.15, -0.1) is 0 Å². The molecule has 1 aliphatic rings. The molecule has 1 rings (SSSR count). The second-order valence-corrected chi connectivity index (χ2v) is 2.32. The number of hydrogen-bond acceptors (Lipinski definition) is 4. The Kier molecular flexibility index (Phi) is 2.89. The fourth-order valence-corrected chi connectivity index (χ4v) is 0.926. The Balaban J connectivity index is 2.34. The van der Waals surface area contributed by atoms with Crippen molar-refractivity contribution in [2.45, 2.75) is 25.8 Å². The molecule has 0 spiro atoms. The van der Waals surface area contributed by atoms with Crippen LogP contribution in [-0.2, 0) is 9.53 Å². The van der Waals surface area contributed by atoms with E-state index >= 15 is 0 Å². The van der Waals surface area contributed by atoms with Gasteiger partial charge in [0.2, 0.25) is 0 Å². The SMILES string of the molecule is CCOC(=O)C1CCC=NN1. The van der Waals surface area contributed by atoms with Gasteiger partial charge in [-0.05, 0) is 19.8 Å². The van der Waals surface area contributed by atoms with Gasteiger partial charge in [0.15, 0.2) is 0 Å². The van der Waals surface area contributed by atoms with Crippen LogP contribution in [0.1, 0.15) is 19.8 Å². The number of rotatable bonds is 2. The van der Waals surface area contributed by atoms with Crippen LogP contribution in [0.25, 0.3) is 0 Å². The fourth-order valence-electron chi connectivity index (χ4n) is 0.926. The molecule has 0 aromatic heterocycles. The summed E-state index contributed by atoms with van der Waals surface area (Å²) in [4.78, 5) is 11.0. The van der Waals surface area contributed by atoms with E-state index in [0.717, 1.165) is 12.8 Å². The molecule has 0 radical (unpaired) electrons. The van der Waals surface area contributed by atoms with Gasteiger partial charge in [-0.3, -0.25) is 5.43 Å². The van der Waals surface area contributed by atoms with Crippen LogP contribution >= 0.6 is 0 Å². The van der Waals surface area contributed by atoms with Gasteiger partial charge in [0.1, 0.15) is 6.04 Å². The Morgan fingerprint density at radius 2 is 2.73 bits per heavy atom. The number of carbonyl (C=O) groups is 1. The quantitative estimate of drug-likeness (QED) is 0.584. The summed E-state index contributed by atoms with van der Waals surface area (Å²) in [6.45, 7) is 2.23. The van der Waals surface area contributed by atoms with Crippen molar-refractivity contribution < 1.29 is 9.53 Å². The number of esters is 1. The van der Waals surface area contributed by atoms with Gasteiger partial charge in [-0.1, -0.05) is 0 Å². The molecule has 0 saturated heterocycles. The van der Waals surface area contributed by atoms with Crippen LogP contribution in [0.3, 0.4) is 0 Å². The van der Waals surface area contributed by atoms with Gasteiger partial charge in [0, 0.05) is 6.21 Å². The van der Waals surface area contributed by atoms with Crippen molar-refractivity contribution >= 4 is 12.2 Å². The lowest BCUT2D eigenvalue weighted by Gasteiger charge is -2.16. The second kappa shape index (κ2) is 3.95. The van der Waals surface area contributed by atoms with E-state index < -0.39 is 0 Å². The summed E-state index contributed by atoms with van der Waals surface area (Å²) in [6, 6.07) is -0.236. The van der Waals surface area contributed by atoms with E-state index in [1.54, 1.807) is 13.1 Å². The van der Waals surface area contributed by atoms with Crippen molar-refractivity contribution in [1.29, 1.82) is 0 Å². The molecule has 0 aromatic carbocycles. The van der Waals surface area contributed by atoms with Crippen LogP contribution in [0, 0.1) is 0 Å². The Hall–Kier alpha value is -1.06. The van der Waals surface area contributed by atoms with Crippen molar-refractivity contribution in [3.8, 4) is 0 Å². The first kappa shape index (κ1) is 8.04. The standard InChI is InChI=1S/C7H12N2O2/c1-2-11-7(10)6-4-3-5-8-9-6/h5-6,9H,2-4H2,1H3. The summed E-state index contributed by atoms with van der Waals surface area (Å²) in [7, 11) is 0. The van der Waals surface area contributed by atoms with Gasteiger partial charge in [0.25, 0.3) is 0 Å². The predicted molar refractivity (Wildman–Crippen MR) is 41.3 cm³/mol. The first-order valence-corrected chi connectivity index (χ1v) is 3.78. The molecular weight excluding hydrogens is 144 g/mol. The molecule has 0 fully saturated rings. The number of nitrogens with one attached hydrogen (secondary N) is 1. The molecular formula is C7H12N2O2. The van der Waals surface area contributed by atoms with E-state index in [-0.39, 0.29) is 12.0 Å². The summed E-state index contributed by atoms with van der Waals surface area (Å²) < 4.78 is 4.81. The molecule has 4 nitrogen and oxygen atoms in total. The van der Waals surface area contributed by atoms with E-state index in [0.29, 0.717) is 6.61 Å². The maximum absolute atomic E-state index is 11.0. The predicted octanol–water partition coefficient (Wildman–Crippen LogP) is 0.287. The zero-order chi connectivity index (χ0) is 8.10. The van der Waals surface area contributed by atoms with E-state index in [1.165, 1.54) is 0 Å². The summed E-state index contributed by atoms with van der Waals surface area (Å²) in [5.74, 6) is -0.204. The van der Waals surface area contributed by atoms with Gasteiger partial charge < -0.3 is 4.74 Å². The largest absolute Gasteiger partial charge is 0.464 e. The van der Waals surface area contributed by atoms with Gasteiger partial charge >= 0.3 is 5.97 Å². The van der Waals surface area contributed by atoms with Crippen LogP contribution in [0.5, 0.6) is 0 Å². The molecule has 1 heterocycles. The maximum atomic E-state index is 11.0. The third kappa shape index (κ3) is 2.22. The van der Waals surface area contributed by atoms with E-state index in [9.17, 15) is 4.79 Å². The number of hydrazone groups is 1. The minimum absolute atomic E-state index is 0.204. The third-order valence-electron chi connectivity index (χ3n) is 1.48. The van der Waals surface area contributed by atoms with Crippen molar-refractivity contribution in [1.82, 2.24) is 5.43 Å². The lowest BCUT2D eigenvalue weighted by Crippen LogP contribution is -2.37. The molecule has 0 bridgehead atoms. The molecule has 11 heavy (non-hydrogen) atoms. The number of carbonyl (C=O) groups excluding carboxylic acids is 1. The second-order valence-electron chi connectivity index (χ2n) is 2.32. The highest BCUT2D eigenvalue weighted by Crippen LogP contribution is 2.02. The zero-order valence-corrected chi connectivity index (χ0v) is 6.54. The molecule has 62 valence electrons. The normalized spacial score (nSPS) is 22.5. The molecule has 0 saturated carbocycles. The van der Waals surface area contributed by atoms with Crippen LogP contribution in [0.4, 0.5) is 0 Å². The Bertz CT molecular complexity index is 168. The minimum atomic E-state index is -0.236. The van der Waals surface area contributed by atoms with Gasteiger partial charge in [-0.25, -0.2) is 4.79 Å². The fraction of sp³-hybridized carbons (Fsp3) is 0.714. The molecule has 1 unspecified atom stereocenters. The summed E-state index contributed by atoms with van der Waals surface area (Å²) in [5.41, 5.74) is 2.70. The first-order chi connectivity index (χ1) is 5.34.